The lowest BCUT2D eigenvalue weighted by molar-refractivity contribution is 0.395. The molecule has 0 radical (unpaired) electrons. The number of aryl methyl sites for hydroxylation is 1. The topological polar surface area (TPSA) is 55.4 Å². The van der Waals surface area contributed by atoms with Crippen LogP contribution >= 0.6 is 12.2 Å². The zero-order valence-corrected chi connectivity index (χ0v) is 13.0. The van der Waals surface area contributed by atoms with Gasteiger partial charge < -0.3 is 20.1 Å². The van der Waals surface area contributed by atoms with E-state index in [1.807, 2.05) is 31.2 Å². The van der Waals surface area contributed by atoms with Crippen molar-refractivity contribution < 1.29 is 9.47 Å². The highest BCUT2D eigenvalue weighted by atomic mass is 32.1. The molecule has 1 aromatic heterocycles. The van der Waals surface area contributed by atoms with Gasteiger partial charge in [0.15, 0.2) is 5.11 Å². The minimum atomic E-state index is 0.451. The molecule has 0 saturated carbocycles. The van der Waals surface area contributed by atoms with Crippen molar-refractivity contribution in [2.75, 3.05) is 24.9 Å². The molecule has 6 heteroatoms. The highest BCUT2D eigenvalue weighted by molar-refractivity contribution is 7.80. The maximum absolute atomic E-state index is 5.29. The smallest absolute Gasteiger partial charge is 0.176 e. The summed E-state index contributed by atoms with van der Waals surface area (Å²) in [5, 5.41) is 6.60. The fourth-order valence-corrected chi connectivity index (χ4v) is 1.98. The number of hydrogen-bond acceptors (Lipinski definition) is 4. The second kappa shape index (κ2) is 6.90. The summed E-state index contributed by atoms with van der Waals surface area (Å²) in [7, 11) is 3.21. The van der Waals surface area contributed by atoms with Crippen molar-refractivity contribution >= 4 is 28.8 Å². The van der Waals surface area contributed by atoms with Crippen LogP contribution < -0.4 is 20.1 Å². The summed E-state index contributed by atoms with van der Waals surface area (Å²) in [5.74, 6) is 2.10. The molecule has 0 amide bonds. The van der Waals surface area contributed by atoms with Crippen LogP contribution in [0, 0.1) is 6.92 Å². The van der Waals surface area contributed by atoms with Gasteiger partial charge in [0.1, 0.15) is 17.3 Å². The summed E-state index contributed by atoms with van der Waals surface area (Å²) < 4.78 is 10.4. The third-order valence-corrected chi connectivity index (χ3v) is 3.05. The van der Waals surface area contributed by atoms with Crippen LogP contribution in [-0.2, 0) is 0 Å². The zero-order valence-electron chi connectivity index (χ0n) is 12.1. The molecule has 1 heterocycles. The number of benzene rings is 1. The van der Waals surface area contributed by atoms with Crippen LogP contribution in [0.1, 0.15) is 5.56 Å². The van der Waals surface area contributed by atoms with Gasteiger partial charge in [-0.15, -0.1) is 0 Å². The van der Waals surface area contributed by atoms with E-state index >= 15 is 0 Å². The minimum Gasteiger partial charge on any atom is -0.497 e. The van der Waals surface area contributed by atoms with E-state index in [0.29, 0.717) is 16.6 Å². The molecule has 0 aliphatic heterocycles. The van der Waals surface area contributed by atoms with E-state index in [-0.39, 0.29) is 0 Å². The summed E-state index contributed by atoms with van der Waals surface area (Å²) in [6.45, 7) is 1.96. The van der Waals surface area contributed by atoms with Gasteiger partial charge in [-0.1, -0.05) is 6.07 Å². The van der Waals surface area contributed by atoms with Crippen LogP contribution in [0.5, 0.6) is 11.5 Å². The fraction of sp³-hybridized carbons (Fsp3) is 0.200. The summed E-state index contributed by atoms with van der Waals surface area (Å²) in [6.07, 6.45) is 1.71. The second-order valence-corrected chi connectivity index (χ2v) is 4.76. The van der Waals surface area contributed by atoms with Gasteiger partial charge in [-0.2, -0.15) is 0 Å². The molecular weight excluding hydrogens is 286 g/mol. The molecule has 0 aliphatic carbocycles. The molecule has 2 aromatic rings. The van der Waals surface area contributed by atoms with Crippen molar-refractivity contribution in [3.8, 4) is 11.5 Å². The van der Waals surface area contributed by atoms with E-state index in [4.69, 9.17) is 21.7 Å². The van der Waals surface area contributed by atoms with Crippen LogP contribution in [0.4, 0.5) is 11.5 Å². The number of aromatic nitrogens is 1. The molecule has 0 bridgehead atoms. The Hall–Kier alpha value is -2.34. The number of thiocarbonyl (C=S) groups is 1. The number of nitrogens with one attached hydrogen (secondary N) is 2. The monoisotopic (exact) mass is 303 g/mol. The molecule has 2 rings (SSSR count). The minimum absolute atomic E-state index is 0.451. The normalized spacial score (nSPS) is 9.86. The summed E-state index contributed by atoms with van der Waals surface area (Å²) >= 11 is 5.29. The molecule has 0 saturated heterocycles. The lowest BCUT2D eigenvalue weighted by atomic mass is 10.2. The standard InChI is InChI=1S/C15H17N3O2S/c1-10-5-4-6-16-14(10)18-15(21)17-11-7-12(19-2)9-13(8-11)20-3/h4-9H,1-3H3,(H2,16,17,18,21). The van der Waals surface area contributed by atoms with Crippen molar-refractivity contribution in [3.63, 3.8) is 0 Å². The molecule has 0 fully saturated rings. The van der Waals surface area contributed by atoms with Crippen molar-refractivity contribution in [1.82, 2.24) is 4.98 Å². The van der Waals surface area contributed by atoms with Gasteiger partial charge in [-0.25, -0.2) is 4.98 Å². The lowest BCUT2D eigenvalue weighted by Crippen LogP contribution is -2.20. The predicted molar refractivity (Wildman–Crippen MR) is 88.4 cm³/mol. The molecule has 0 atom stereocenters. The first-order chi connectivity index (χ1) is 10.1. The summed E-state index contributed by atoms with van der Waals surface area (Å²) in [4.78, 5) is 4.24. The van der Waals surface area contributed by atoms with Crippen molar-refractivity contribution in [1.29, 1.82) is 0 Å². The van der Waals surface area contributed by atoms with Crippen LogP contribution in [0.3, 0.4) is 0 Å². The third-order valence-electron chi connectivity index (χ3n) is 2.85. The van der Waals surface area contributed by atoms with Crippen molar-refractivity contribution in [3.05, 3.63) is 42.1 Å². The van der Waals surface area contributed by atoms with E-state index in [0.717, 1.165) is 17.1 Å². The fourth-order valence-electron chi connectivity index (χ4n) is 1.77. The number of nitrogens with zero attached hydrogens (tertiary/aromatic N) is 1. The maximum Gasteiger partial charge on any atom is 0.176 e. The zero-order chi connectivity index (χ0) is 15.2. The highest BCUT2D eigenvalue weighted by Gasteiger charge is 2.05. The molecule has 5 nitrogen and oxygen atoms in total. The quantitative estimate of drug-likeness (QED) is 0.846. The van der Waals surface area contributed by atoms with Gasteiger partial charge in [-0.3, -0.25) is 0 Å². The number of ether oxygens (including phenoxy) is 2. The average molecular weight is 303 g/mol. The van der Waals surface area contributed by atoms with E-state index in [1.54, 1.807) is 26.5 Å². The Morgan fingerprint density at radius 3 is 2.33 bits per heavy atom. The SMILES string of the molecule is COc1cc(NC(=S)Nc2ncccc2C)cc(OC)c1. The van der Waals surface area contributed by atoms with E-state index in [1.165, 1.54) is 0 Å². The Morgan fingerprint density at radius 2 is 1.76 bits per heavy atom. The second-order valence-electron chi connectivity index (χ2n) is 4.35. The molecule has 0 unspecified atom stereocenters. The molecule has 110 valence electrons. The average Bonchev–Trinajstić information content (AvgIpc) is 2.49. The van der Waals surface area contributed by atoms with Crippen LogP contribution in [-0.4, -0.2) is 24.3 Å². The van der Waals surface area contributed by atoms with E-state index < -0.39 is 0 Å². The molecule has 1 aromatic carbocycles. The van der Waals surface area contributed by atoms with Gasteiger partial charge in [0.2, 0.25) is 0 Å². The molecule has 0 aliphatic rings. The van der Waals surface area contributed by atoms with E-state index in [9.17, 15) is 0 Å². The Morgan fingerprint density at radius 1 is 1.10 bits per heavy atom. The maximum atomic E-state index is 5.29. The Kier molecular flexibility index (Phi) is 4.94. The van der Waals surface area contributed by atoms with Gasteiger partial charge in [0.25, 0.3) is 0 Å². The first-order valence-corrected chi connectivity index (χ1v) is 6.76. The number of anilines is 2. The molecule has 2 N–H and O–H groups in total. The first-order valence-electron chi connectivity index (χ1n) is 6.35. The molecule has 0 spiro atoms. The first kappa shape index (κ1) is 15.1. The number of methoxy groups -OCH3 is 2. The van der Waals surface area contributed by atoms with Gasteiger partial charge >= 0.3 is 0 Å². The highest BCUT2D eigenvalue weighted by Crippen LogP contribution is 2.25. The molecular formula is C15H17N3O2S. The Balaban J connectivity index is 2.11. The van der Waals surface area contributed by atoms with Crippen LogP contribution in [0.15, 0.2) is 36.5 Å². The predicted octanol–water partition coefficient (Wildman–Crippen LogP) is 3.22. The lowest BCUT2D eigenvalue weighted by Gasteiger charge is -2.13. The summed E-state index contributed by atoms with van der Waals surface area (Å²) in [5.41, 5.74) is 1.79. The Labute approximate surface area is 129 Å². The van der Waals surface area contributed by atoms with Gasteiger partial charge in [0.05, 0.1) is 14.2 Å². The number of rotatable bonds is 4. The van der Waals surface area contributed by atoms with Crippen molar-refractivity contribution in [2.45, 2.75) is 6.92 Å². The van der Waals surface area contributed by atoms with Gasteiger partial charge in [0, 0.05) is 30.1 Å². The van der Waals surface area contributed by atoms with E-state index in [2.05, 4.69) is 15.6 Å². The van der Waals surface area contributed by atoms with Crippen LogP contribution in [0.25, 0.3) is 0 Å². The Bertz CT molecular complexity index is 624. The largest absolute Gasteiger partial charge is 0.497 e. The number of hydrogen-bond donors (Lipinski definition) is 2. The number of pyridine rings is 1. The van der Waals surface area contributed by atoms with Crippen LogP contribution in [0.2, 0.25) is 0 Å². The summed E-state index contributed by atoms with van der Waals surface area (Å²) in [6, 6.07) is 9.31. The molecule has 21 heavy (non-hydrogen) atoms. The third kappa shape index (κ3) is 4.06. The van der Waals surface area contributed by atoms with Crippen molar-refractivity contribution in [2.24, 2.45) is 0 Å². The van der Waals surface area contributed by atoms with Gasteiger partial charge in [-0.05, 0) is 30.8 Å².